The van der Waals surface area contributed by atoms with Crippen LogP contribution in [0.15, 0.2) is 53.3 Å². The van der Waals surface area contributed by atoms with Crippen LogP contribution < -0.4 is 14.2 Å². The first-order valence-electron chi connectivity index (χ1n) is 10.5. The fourth-order valence-corrected chi connectivity index (χ4v) is 4.64. The highest BCUT2D eigenvalue weighted by molar-refractivity contribution is 9.10. The van der Waals surface area contributed by atoms with Crippen LogP contribution >= 0.6 is 15.9 Å². The number of nitrogens with zero attached hydrogens (tertiary/aromatic N) is 3. The van der Waals surface area contributed by atoms with E-state index >= 15 is 0 Å². The topological polar surface area (TPSA) is 75.0 Å². The minimum atomic E-state index is -0.0484. The monoisotopic (exact) mass is 507 g/mol. The summed E-state index contributed by atoms with van der Waals surface area (Å²) in [5.74, 6) is 1.67. The minimum absolute atomic E-state index is 0.0464. The molecule has 7 nitrogen and oxygen atoms in total. The average molecular weight is 508 g/mol. The molecule has 0 amide bonds. The smallest absolute Gasteiger partial charge is 0.203 e. The SMILES string of the molecule is COc1cc(C2CC(=O)c3cn4ncc(-c5ccc(Br)cc5)c4nc3C2)cc(OC)c1OC. The maximum Gasteiger partial charge on any atom is 0.203 e. The van der Waals surface area contributed by atoms with Crippen molar-refractivity contribution < 1.29 is 19.0 Å². The van der Waals surface area contributed by atoms with E-state index in [1.54, 1.807) is 38.2 Å². The lowest BCUT2D eigenvalue weighted by molar-refractivity contribution is 0.0962. The number of hydrogen-bond donors (Lipinski definition) is 0. The third-order valence-electron chi connectivity index (χ3n) is 6.06. The number of benzene rings is 2. The van der Waals surface area contributed by atoms with Gasteiger partial charge in [0, 0.05) is 22.7 Å². The average Bonchev–Trinajstić information content (AvgIpc) is 3.25. The number of rotatable bonds is 5. The first kappa shape index (κ1) is 21.5. The van der Waals surface area contributed by atoms with Crippen molar-refractivity contribution in [2.24, 2.45) is 0 Å². The van der Waals surface area contributed by atoms with Gasteiger partial charge in [0.25, 0.3) is 0 Å². The molecule has 33 heavy (non-hydrogen) atoms. The van der Waals surface area contributed by atoms with E-state index in [0.29, 0.717) is 35.7 Å². The molecule has 1 atom stereocenters. The molecule has 0 N–H and O–H groups in total. The van der Waals surface area contributed by atoms with Gasteiger partial charge in [-0.05, 0) is 47.7 Å². The van der Waals surface area contributed by atoms with Gasteiger partial charge in [0.1, 0.15) is 0 Å². The van der Waals surface area contributed by atoms with Crippen LogP contribution in [0.1, 0.15) is 34.0 Å². The van der Waals surface area contributed by atoms with Crippen LogP contribution in [0.5, 0.6) is 17.2 Å². The molecule has 1 aliphatic rings. The zero-order valence-electron chi connectivity index (χ0n) is 18.5. The second kappa shape index (κ2) is 8.51. The van der Waals surface area contributed by atoms with Crippen molar-refractivity contribution in [2.45, 2.75) is 18.8 Å². The molecular weight excluding hydrogens is 486 g/mol. The summed E-state index contributed by atoms with van der Waals surface area (Å²) in [6, 6.07) is 11.8. The Kier molecular flexibility index (Phi) is 5.54. The Morgan fingerprint density at radius 1 is 0.970 bits per heavy atom. The second-order valence-electron chi connectivity index (χ2n) is 7.92. The predicted molar refractivity (Wildman–Crippen MR) is 128 cm³/mol. The lowest BCUT2D eigenvalue weighted by Crippen LogP contribution is -2.21. The summed E-state index contributed by atoms with van der Waals surface area (Å²) in [5, 5.41) is 4.44. The van der Waals surface area contributed by atoms with Crippen molar-refractivity contribution >= 4 is 27.4 Å². The van der Waals surface area contributed by atoms with Crippen LogP contribution in [-0.4, -0.2) is 41.7 Å². The molecule has 0 aliphatic heterocycles. The van der Waals surface area contributed by atoms with Crippen LogP contribution in [0.4, 0.5) is 0 Å². The van der Waals surface area contributed by atoms with Crippen molar-refractivity contribution in [1.82, 2.24) is 14.6 Å². The van der Waals surface area contributed by atoms with Gasteiger partial charge >= 0.3 is 0 Å². The van der Waals surface area contributed by atoms with Gasteiger partial charge in [-0.2, -0.15) is 5.10 Å². The molecule has 0 saturated heterocycles. The first-order valence-corrected chi connectivity index (χ1v) is 11.3. The van der Waals surface area contributed by atoms with Gasteiger partial charge in [-0.1, -0.05) is 28.1 Å². The normalized spacial score (nSPS) is 15.4. The van der Waals surface area contributed by atoms with Crippen LogP contribution in [0, 0.1) is 0 Å². The van der Waals surface area contributed by atoms with Crippen LogP contribution in [0.25, 0.3) is 16.8 Å². The molecule has 1 aliphatic carbocycles. The minimum Gasteiger partial charge on any atom is -0.493 e. The fraction of sp³-hybridized carbons (Fsp3) is 0.240. The molecule has 0 radical (unpaired) electrons. The molecule has 4 aromatic rings. The molecule has 2 aromatic carbocycles. The van der Waals surface area contributed by atoms with E-state index < -0.39 is 0 Å². The summed E-state index contributed by atoms with van der Waals surface area (Å²) in [6.07, 6.45) is 4.59. The number of aromatic nitrogens is 3. The number of ether oxygens (including phenoxy) is 3. The van der Waals surface area contributed by atoms with E-state index in [1.807, 2.05) is 36.4 Å². The van der Waals surface area contributed by atoms with Gasteiger partial charge in [0.05, 0.1) is 38.8 Å². The Bertz CT molecular complexity index is 1340. The Labute approximate surface area is 199 Å². The lowest BCUT2D eigenvalue weighted by atomic mass is 9.82. The molecule has 2 heterocycles. The number of fused-ring (bicyclic) bond motifs is 2. The van der Waals surface area contributed by atoms with E-state index in [0.717, 1.165) is 32.5 Å². The molecular formula is C25H22BrN3O4. The number of methoxy groups -OCH3 is 3. The molecule has 0 saturated carbocycles. The Morgan fingerprint density at radius 3 is 2.30 bits per heavy atom. The van der Waals surface area contributed by atoms with E-state index in [4.69, 9.17) is 19.2 Å². The van der Waals surface area contributed by atoms with Crippen molar-refractivity contribution in [3.63, 3.8) is 0 Å². The number of halogens is 1. The van der Waals surface area contributed by atoms with Crippen LogP contribution in [0.3, 0.4) is 0 Å². The number of Topliss-reactive ketones (excluding diaryl/α,β-unsaturated/α-hetero) is 1. The second-order valence-corrected chi connectivity index (χ2v) is 8.84. The van der Waals surface area contributed by atoms with Gasteiger partial charge < -0.3 is 14.2 Å². The Hall–Kier alpha value is -3.39. The third-order valence-corrected chi connectivity index (χ3v) is 6.59. The largest absolute Gasteiger partial charge is 0.493 e. The van der Waals surface area contributed by atoms with Gasteiger partial charge in [-0.25, -0.2) is 9.50 Å². The highest BCUT2D eigenvalue weighted by atomic mass is 79.9. The molecule has 0 fully saturated rings. The summed E-state index contributed by atoms with van der Waals surface area (Å²) >= 11 is 3.47. The van der Waals surface area contributed by atoms with Crippen molar-refractivity contribution in [1.29, 1.82) is 0 Å². The standard InChI is InChI=1S/C25H22BrN3O4/c1-31-22-10-16(11-23(32-2)24(22)33-3)15-8-20-19(21(30)9-15)13-29-25(28-20)18(12-27-29)14-4-6-17(26)7-5-14/h4-7,10-13,15H,8-9H2,1-3H3. The maximum absolute atomic E-state index is 13.1. The fourth-order valence-electron chi connectivity index (χ4n) is 4.38. The van der Waals surface area contributed by atoms with E-state index in [1.165, 1.54) is 0 Å². The summed E-state index contributed by atoms with van der Waals surface area (Å²) < 4.78 is 19.1. The Balaban J connectivity index is 1.57. The number of ketones is 1. The predicted octanol–water partition coefficient (Wildman–Crippen LogP) is 5.10. The molecule has 1 unspecified atom stereocenters. The molecule has 5 rings (SSSR count). The quantitative estimate of drug-likeness (QED) is 0.374. The lowest BCUT2D eigenvalue weighted by Gasteiger charge is -2.24. The molecule has 0 bridgehead atoms. The summed E-state index contributed by atoms with van der Waals surface area (Å²) in [5.41, 5.74) is 5.02. The van der Waals surface area contributed by atoms with Crippen LogP contribution in [-0.2, 0) is 6.42 Å². The highest BCUT2D eigenvalue weighted by Crippen LogP contribution is 2.42. The van der Waals surface area contributed by atoms with E-state index in [9.17, 15) is 4.79 Å². The van der Waals surface area contributed by atoms with Crippen molar-refractivity contribution in [2.75, 3.05) is 21.3 Å². The molecule has 8 heteroatoms. The number of carbonyl (C=O) groups is 1. The molecule has 168 valence electrons. The van der Waals surface area contributed by atoms with Gasteiger partial charge in [0.15, 0.2) is 22.9 Å². The maximum atomic E-state index is 13.1. The number of carbonyl (C=O) groups excluding carboxylic acids is 1. The van der Waals surface area contributed by atoms with Gasteiger partial charge in [0.2, 0.25) is 5.75 Å². The zero-order chi connectivity index (χ0) is 23.1. The first-order chi connectivity index (χ1) is 16.0. The summed E-state index contributed by atoms with van der Waals surface area (Å²) in [7, 11) is 4.75. The van der Waals surface area contributed by atoms with Crippen molar-refractivity contribution in [3.8, 4) is 28.4 Å². The third kappa shape index (κ3) is 3.74. The summed E-state index contributed by atoms with van der Waals surface area (Å²) in [6.45, 7) is 0. The zero-order valence-corrected chi connectivity index (χ0v) is 20.0. The van der Waals surface area contributed by atoms with E-state index in [2.05, 4.69) is 21.0 Å². The van der Waals surface area contributed by atoms with Gasteiger partial charge in [-0.3, -0.25) is 4.79 Å². The summed E-state index contributed by atoms with van der Waals surface area (Å²) in [4.78, 5) is 18.0. The van der Waals surface area contributed by atoms with Crippen molar-refractivity contribution in [3.05, 3.63) is 70.1 Å². The Morgan fingerprint density at radius 2 is 1.67 bits per heavy atom. The molecule has 0 spiro atoms. The van der Waals surface area contributed by atoms with Gasteiger partial charge in [-0.15, -0.1) is 0 Å². The number of hydrogen-bond acceptors (Lipinski definition) is 6. The van der Waals surface area contributed by atoms with Crippen LogP contribution in [0.2, 0.25) is 0 Å². The molecule has 2 aromatic heterocycles. The van der Waals surface area contributed by atoms with E-state index in [-0.39, 0.29) is 11.7 Å². The highest BCUT2D eigenvalue weighted by Gasteiger charge is 2.30.